The Hall–Kier alpha value is -1.57. The topological polar surface area (TPSA) is 15.6 Å². The zero-order chi connectivity index (χ0) is 11.8. The summed E-state index contributed by atoms with van der Waals surface area (Å²) in [5.74, 6) is 0. The van der Waals surface area contributed by atoms with Gasteiger partial charge in [0, 0.05) is 32.1 Å². The quantitative estimate of drug-likeness (QED) is 0.689. The standard InChI is InChI=1S/C14H20N2/c1-4-5-11-15-14(12-16(2)3)13-9-7-6-8-10-13/h6-12H,4-5H2,1-3H3/b14-12-,15-11?. The summed E-state index contributed by atoms with van der Waals surface area (Å²) in [6.07, 6.45) is 6.19. The number of hydrogen-bond acceptors (Lipinski definition) is 2. The van der Waals surface area contributed by atoms with E-state index < -0.39 is 0 Å². The van der Waals surface area contributed by atoms with Crippen molar-refractivity contribution >= 4 is 11.9 Å². The molecule has 0 amide bonds. The third kappa shape index (κ3) is 4.30. The fraction of sp³-hybridized carbons (Fsp3) is 0.357. The Labute approximate surface area is 98.3 Å². The second kappa shape index (κ2) is 6.83. The average molecular weight is 216 g/mol. The van der Waals surface area contributed by atoms with E-state index in [4.69, 9.17) is 0 Å². The van der Waals surface area contributed by atoms with Crippen LogP contribution in [-0.4, -0.2) is 25.2 Å². The average Bonchev–Trinajstić information content (AvgIpc) is 2.29. The van der Waals surface area contributed by atoms with Gasteiger partial charge >= 0.3 is 0 Å². The van der Waals surface area contributed by atoms with Crippen molar-refractivity contribution in [2.45, 2.75) is 19.8 Å². The highest BCUT2D eigenvalue weighted by atomic mass is 15.0. The number of aliphatic imine (C=N–C) groups is 1. The molecule has 2 heteroatoms. The molecule has 16 heavy (non-hydrogen) atoms. The van der Waals surface area contributed by atoms with Crippen LogP contribution in [0.15, 0.2) is 41.5 Å². The van der Waals surface area contributed by atoms with E-state index in [9.17, 15) is 0 Å². The first-order chi connectivity index (χ1) is 7.74. The lowest BCUT2D eigenvalue weighted by atomic mass is 10.2. The van der Waals surface area contributed by atoms with Gasteiger partial charge in [-0.3, -0.25) is 4.99 Å². The van der Waals surface area contributed by atoms with Gasteiger partial charge in [0.05, 0.1) is 5.70 Å². The molecule has 0 saturated heterocycles. The van der Waals surface area contributed by atoms with Crippen molar-refractivity contribution in [3.63, 3.8) is 0 Å². The highest BCUT2D eigenvalue weighted by Gasteiger charge is 1.98. The van der Waals surface area contributed by atoms with Crippen molar-refractivity contribution in [3.8, 4) is 0 Å². The Morgan fingerprint density at radius 1 is 1.25 bits per heavy atom. The molecular weight excluding hydrogens is 196 g/mol. The fourth-order valence-corrected chi connectivity index (χ4v) is 1.33. The molecule has 0 heterocycles. The van der Waals surface area contributed by atoms with Gasteiger partial charge in [-0.15, -0.1) is 0 Å². The van der Waals surface area contributed by atoms with Crippen LogP contribution in [-0.2, 0) is 0 Å². The van der Waals surface area contributed by atoms with Crippen LogP contribution in [0.5, 0.6) is 0 Å². The molecule has 0 aromatic heterocycles. The molecule has 1 aromatic carbocycles. The van der Waals surface area contributed by atoms with Crippen LogP contribution in [0.3, 0.4) is 0 Å². The molecule has 0 saturated carbocycles. The van der Waals surface area contributed by atoms with Crippen LogP contribution >= 0.6 is 0 Å². The minimum absolute atomic E-state index is 1.01. The second-order valence-electron chi connectivity index (χ2n) is 3.94. The van der Waals surface area contributed by atoms with Crippen LogP contribution < -0.4 is 0 Å². The maximum Gasteiger partial charge on any atom is 0.0856 e. The number of rotatable bonds is 5. The summed E-state index contributed by atoms with van der Waals surface area (Å²) in [6, 6.07) is 10.3. The van der Waals surface area contributed by atoms with E-state index in [1.54, 1.807) is 0 Å². The molecule has 0 aliphatic rings. The number of hydrogen-bond donors (Lipinski definition) is 0. The molecule has 0 fully saturated rings. The Morgan fingerprint density at radius 2 is 1.94 bits per heavy atom. The van der Waals surface area contributed by atoms with Crippen LogP contribution in [0.25, 0.3) is 5.70 Å². The van der Waals surface area contributed by atoms with Gasteiger partial charge in [-0.05, 0) is 6.42 Å². The first-order valence-electron chi connectivity index (χ1n) is 5.70. The molecule has 0 aliphatic heterocycles. The summed E-state index contributed by atoms with van der Waals surface area (Å²) < 4.78 is 0. The highest BCUT2D eigenvalue weighted by Crippen LogP contribution is 2.15. The van der Waals surface area contributed by atoms with Crippen molar-refractivity contribution in [2.24, 2.45) is 4.99 Å². The number of unbranched alkanes of at least 4 members (excludes halogenated alkanes) is 1. The van der Waals surface area contributed by atoms with Crippen molar-refractivity contribution < 1.29 is 0 Å². The fourth-order valence-electron chi connectivity index (χ4n) is 1.33. The SMILES string of the molecule is CCCC=N/C(=C\N(C)C)c1ccccc1. The molecule has 2 nitrogen and oxygen atoms in total. The van der Waals surface area contributed by atoms with Gasteiger partial charge in [0.25, 0.3) is 0 Å². The molecule has 0 unspecified atom stereocenters. The van der Waals surface area contributed by atoms with Crippen molar-refractivity contribution in [3.05, 3.63) is 42.1 Å². The predicted molar refractivity (Wildman–Crippen MR) is 71.5 cm³/mol. The van der Waals surface area contributed by atoms with E-state index in [1.807, 2.05) is 49.6 Å². The third-order valence-corrected chi connectivity index (χ3v) is 2.10. The van der Waals surface area contributed by atoms with Gasteiger partial charge in [-0.25, -0.2) is 0 Å². The van der Waals surface area contributed by atoms with Crippen LogP contribution in [0.1, 0.15) is 25.3 Å². The minimum Gasteiger partial charge on any atom is -0.382 e. The van der Waals surface area contributed by atoms with Gasteiger partial charge in [-0.1, -0.05) is 43.7 Å². The van der Waals surface area contributed by atoms with E-state index in [2.05, 4.69) is 24.0 Å². The van der Waals surface area contributed by atoms with Gasteiger partial charge in [-0.2, -0.15) is 0 Å². The maximum absolute atomic E-state index is 4.52. The lowest BCUT2D eigenvalue weighted by Crippen LogP contribution is -2.02. The van der Waals surface area contributed by atoms with Crippen molar-refractivity contribution in [1.82, 2.24) is 4.90 Å². The lowest BCUT2D eigenvalue weighted by Gasteiger charge is -2.08. The monoisotopic (exact) mass is 216 g/mol. The third-order valence-electron chi connectivity index (χ3n) is 2.10. The van der Waals surface area contributed by atoms with E-state index >= 15 is 0 Å². The van der Waals surface area contributed by atoms with Crippen molar-refractivity contribution in [1.29, 1.82) is 0 Å². The molecule has 0 spiro atoms. The second-order valence-corrected chi connectivity index (χ2v) is 3.94. The van der Waals surface area contributed by atoms with Crippen molar-refractivity contribution in [2.75, 3.05) is 14.1 Å². The van der Waals surface area contributed by atoms with E-state index in [1.165, 1.54) is 0 Å². The van der Waals surface area contributed by atoms with Crippen LogP contribution in [0, 0.1) is 0 Å². The maximum atomic E-state index is 4.52. The summed E-state index contributed by atoms with van der Waals surface area (Å²) in [5.41, 5.74) is 2.17. The highest BCUT2D eigenvalue weighted by molar-refractivity contribution is 5.73. The first kappa shape index (κ1) is 12.5. The molecule has 0 bridgehead atoms. The molecule has 0 atom stereocenters. The summed E-state index contributed by atoms with van der Waals surface area (Å²) in [6.45, 7) is 2.16. The van der Waals surface area contributed by atoms with Gasteiger partial charge < -0.3 is 4.90 Å². The first-order valence-corrected chi connectivity index (χ1v) is 5.70. The Balaban J connectivity index is 2.89. The van der Waals surface area contributed by atoms with E-state index in [0.717, 1.165) is 24.1 Å². The summed E-state index contributed by atoms with van der Waals surface area (Å²) in [7, 11) is 4.02. The van der Waals surface area contributed by atoms with E-state index in [0.29, 0.717) is 0 Å². The minimum atomic E-state index is 1.01. The number of benzene rings is 1. The predicted octanol–water partition coefficient (Wildman–Crippen LogP) is 3.42. The van der Waals surface area contributed by atoms with Crippen LogP contribution in [0.4, 0.5) is 0 Å². The van der Waals surface area contributed by atoms with Gasteiger partial charge in [0.1, 0.15) is 0 Å². The zero-order valence-corrected chi connectivity index (χ0v) is 10.4. The molecule has 0 radical (unpaired) electrons. The van der Waals surface area contributed by atoms with Crippen LogP contribution in [0.2, 0.25) is 0 Å². The smallest absolute Gasteiger partial charge is 0.0856 e. The number of nitrogens with zero attached hydrogens (tertiary/aromatic N) is 2. The zero-order valence-electron chi connectivity index (χ0n) is 10.4. The Bertz CT molecular complexity index is 350. The Morgan fingerprint density at radius 3 is 2.50 bits per heavy atom. The summed E-state index contributed by atoms with van der Waals surface area (Å²) >= 11 is 0. The summed E-state index contributed by atoms with van der Waals surface area (Å²) in [4.78, 5) is 6.54. The van der Waals surface area contributed by atoms with Gasteiger partial charge in [0.2, 0.25) is 0 Å². The molecule has 1 aromatic rings. The molecule has 0 aliphatic carbocycles. The Kier molecular flexibility index (Phi) is 5.34. The molecule has 86 valence electrons. The molecule has 0 N–H and O–H groups in total. The summed E-state index contributed by atoms with van der Waals surface area (Å²) in [5, 5.41) is 0. The molecular formula is C14H20N2. The molecule has 1 rings (SSSR count). The van der Waals surface area contributed by atoms with E-state index in [-0.39, 0.29) is 0 Å². The normalized spacial score (nSPS) is 12.1. The largest absolute Gasteiger partial charge is 0.382 e. The lowest BCUT2D eigenvalue weighted by molar-refractivity contribution is 0.565. The van der Waals surface area contributed by atoms with Gasteiger partial charge in [0.15, 0.2) is 0 Å².